The molecule has 2 aliphatic rings. The first-order valence-corrected chi connectivity index (χ1v) is 7.71. The van der Waals surface area contributed by atoms with Gasteiger partial charge in [0.1, 0.15) is 5.82 Å². The molecular formula is C12H19N5S. The maximum atomic E-state index is 4.74. The highest BCUT2D eigenvalue weighted by molar-refractivity contribution is 7.98. The summed E-state index contributed by atoms with van der Waals surface area (Å²) in [6, 6.07) is 0. The van der Waals surface area contributed by atoms with E-state index in [9.17, 15) is 0 Å². The fourth-order valence-corrected chi connectivity index (χ4v) is 2.91. The lowest BCUT2D eigenvalue weighted by Crippen LogP contribution is -2.45. The van der Waals surface area contributed by atoms with Crippen LogP contribution >= 0.6 is 11.8 Å². The number of rotatable bonds is 2. The Kier molecular flexibility index (Phi) is 3.67. The molecule has 3 rings (SSSR count). The second-order valence-corrected chi connectivity index (χ2v) is 5.40. The van der Waals surface area contributed by atoms with Gasteiger partial charge in [0.05, 0.1) is 5.69 Å². The van der Waals surface area contributed by atoms with Gasteiger partial charge in [0.25, 0.3) is 0 Å². The van der Waals surface area contributed by atoms with Gasteiger partial charge in [0.2, 0.25) is 0 Å². The van der Waals surface area contributed by atoms with E-state index in [0.29, 0.717) is 0 Å². The maximum Gasteiger partial charge on any atom is 0.189 e. The molecule has 1 aromatic heterocycles. The van der Waals surface area contributed by atoms with E-state index in [0.717, 1.165) is 56.7 Å². The first-order chi connectivity index (χ1) is 8.88. The van der Waals surface area contributed by atoms with Gasteiger partial charge in [0, 0.05) is 51.3 Å². The zero-order chi connectivity index (χ0) is 12.4. The molecule has 0 radical (unpaired) electrons. The standard InChI is InChI=1S/C12H19N5S/c1-18-12-15-10-2-3-14-8-9(10)11(16-12)17-6-4-13-5-7-17/h13-14H,2-8H2,1H3. The van der Waals surface area contributed by atoms with Crippen LogP contribution < -0.4 is 15.5 Å². The van der Waals surface area contributed by atoms with Crippen LogP contribution in [0.3, 0.4) is 0 Å². The van der Waals surface area contributed by atoms with Gasteiger partial charge in [-0.05, 0) is 6.26 Å². The number of anilines is 1. The molecule has 6 heteroatoms. The number of thioether (sulfide) groups is 1. The van der Waals surface area contributed by atoms with Crippen molar-refractivity contribution >= 4 is 17.6 Å². The summed E-state index contributed by atoms with van der Waals surface area (Å²) in [7, 11) is 0. The van der Waals surface area contributed by atoms with E-state index in [4.69, 9.17) is 4.98 Å². The molecule has 5 nitrogen and oxygen atoms in total. The Morgan fingerprint density at radius 1 is 1.11 bits per heavy atom. The Morgan fingerprint density at radius 2 is 1.94 bits per heavy atom. The van der Waals surface area contributed by atoms with Gasteiger partial charge >= 0.3 is 0 Å². The lowest BCUT2D eigenvalue weighted by Gasteiger charge is -2.32. The van der Waals surface area contributed by atoms with Crippen molar-refractivity contribution in [3.05, 3.63) is 11.3 Å². The van der Waals surface area contributed by atoms with Crippen LogP contribution in [-0.2, 0) is 13.0 Å². The van der Waals surface area contributed by atoms with Gasteiger partial charge in [-0.25, -0.2) is 9.97 Å². The van der Waals surface area contributed by atoms with Crippen molar-refractivity contribution in [1.82, 2.24) is 20.6 Å². The number of aromatic nitrogens is 2. The molecule has 0 aliphatic carbocycles. The number of nitrogens with one attached hydrogen (secondary N) is 2. The highest BCUT2D eigenvalue weighted by atomic mass is 32.2. The highest BCUT2D eigenvalue weighted by Gasteiger charge is 2.22. The first-order valence-electron chi connectivity index (χ1n) is 6.48. The Bertz CT molecular complexity index is 431. The molecule has 0 atom stereocenters. The van der Waals surface area contributed by atoms with E-state index in [1.807, 2.05) is 6.26 Å². The van der Waals surface area contributed by atoms with Gasteiger partial charge in [-0.3, -0.25) is 0 Å². The molecule has 0 saturated carbocycles. The van der Waals surface area contributed by atoms with Gasteiger partial charge < -0.3 is 15.5 Å². The summed E-state index contributed by atoms with van der Waals surface area (Å²) in [5, 5.41) is 7.72. The van der Waals surface area contributed by atoms with Crippen LogP contribution in [0.2, 0.25) is 0 Å². The Balaban J connectivity index is 1.99. The number of nitrogens with zero attached hydrogens (tertiary/aromatic N) is 3. The minimum absolute atomic E-state index is 0.906. The summed E-state index contributed by atoms with van der Waals surface area (Å²) in [6.45, 7) is 6.10. The minimum Gasteiger partial charge on any atom is -0.354 e. The molecule has 3 heterocycles. The monoisotopic (exact) mass is 265 g/mol. The summed E-state index contributed by atoms with van der Waals surface area (Å²) >= 11 is 1.63. The molecule has 0 amide bonds. The Hall–Kier alpha value is -0.850. The lowest BCUT2D eigenvalue weighted by atomic mass is 10.1. The van der Waals surface area contributed by atoms with Crippen molar-refractivity contribution in [2.24, 2.45) is 0 Å². The van der Waals surface area contributed by atoms with Crippen molar-refractivity contribution < 1.29 is 0 Å². The summed E-state index contributed by atoms with van der Waals surface area (Å²) in [4.78, 5) is 11.8. The molecule has 0 bridgehead atoms. The summed E-state index contributed by atoms with van der Waals surface area (Å²) in [6.07, 6.45) is 3.06. The predicted octanol–water partition coefficient (Wildman–Crippen LogP) is 0.254. The lowest BCUT2D eigenvalue weighted by molar-refractivity contribution is 0.566. The highest BCUT2D eigenvalue weighted by Crippen LogP contribution is 2.26. The van der Waals surface area contributed by atoms with Crippen molar-refractivity contribution in [3.8, 4) is 0 Å². The molecule has 1 saturated heterocycles. The van der Waals surface area contributed by atoms with E-state index in [1.165, 1.54) is 11.3 Å². The third-order valence-corrected chi connectivity index (χ3v) is 4.04. The van der Waals surface area contributed by atoms with Gasteiger partial charge in [-0.1, -0.05) is 11.8 Å². The van der Waals surface area contributed by atoms with Gasteiger partial charge in [-0.2, -0.15) is 0 Å². The molecule has 1 fully saturated rings. The number of piperazine rings is 1. The number of hydrogen-bond acceptors (Lipinski definition) is 6. The molecule has 2 aliphatic heterocycles. The van der Waals surface area contributed by atoms with Crippen LogP contribution in [0.5, 0.6) is 0 Å². The smallest absolute Gasteiger partial charge is 0.189 e. The summed E-state index contributed by atoms with van der Waals surface area (Å²) in [5.74, 6) is 1.15. The molecule has 1 aromatic rings. The van der Waals surface area contributed by atoms with Gasteiger partial charge in [0.15, 0.2) is 5.16 Å². The fourth-order valence-electron chi connectivity index (χ4n) is 2.53. The van der Waals surface area contributed by atoms with E-state index in [-0.39, 0.29) is 0 Å². The van der Waals surface area contributed by atoms with Crippen LogP contribution in [0, 0.1) is 0 Å². The quantitative estimate of drug-likeness (QED) is 0.591. The van der Waals surface area contributed by atoms with Crippen LogP contribution in [0.4, 0.5) is 5.82 Å². The zero-order valence-corrected chi connectivity index (χ0v) is 11.5. The van der Waals surface area contributed by atoms with Crippen molar-refractivity contribution in [2.45, 2.75) is 18.1 Å². The Morgan fingerprint density at radius 3 is 2.72 bits per heavy atom. The topological polar surface area (TPSA) is 53.1 Å². The normalized spacial score (nSPS) is 19.7. The van der Waals surface area contributed by atoms with Crippen LogP contribution in [0.25, 0.3) is 0 Å². The fraction of sp³-hybridized carbons (Fsp3) is 0.667. The summed E-state index contributed by atoms with van der Waals surface area (Å²) in [5.41, 5.74) is 2.54. The van der Waals surface area contributed by atoms with Crippen molar-refractivity contribution in [1.29, 1.82) is 0 Å². The van der Waals surface area contributed by atoms with Crippen molar-refractivity contribution in [2.75, 3.05) is 43.9 Å². The third-order valence-electron chi connectivity index (χ3n) is 3.49. The maximum absolute atomic E-state index is 4.74. The van der Waals surface area contributed by atoms with E-state index in [2.05, 4.69) is 20.5 Å². The second kappa shape index (κ2) is 5.42. The average molecular weight is 265 g/mol. The SMILES string of the molecule is CSc1nc2c(c(N3CCNCC3)n1)CNCC2. The van der Waals surface area contributed by atoms with E-state index >= 15 is 0 Å². The zero-order valence-electron chi connectivity index (χ0n) is 10.7. The van der Waals surface area contributed by atoms with E-state index in [1.54, 1.807) is 11.8 Å². The van der Waals surface area contributed by atoms with Crippen molar-refractivity contribution in [3.63, 3.8) is 0 Å². The largest absolute Gasteiger partial charge is 0.354 e. The van der Waals surface area contributed by atoms with Crippen LogP contribution in [0.1, 0.15) is 11.3 Å². The predicted molar refractivity (Wildman–Crippen MR) is 74.3 cm³/mol. The first kappa shape index (κ1) is 12.2. The van der Waals surface area contributed by atoms with Crippen LogP contribution in [0.15, 0.2) is 5.16 Å². The minimum atomic E-state index is 0.906. The number of hydrogen-bond donors (Lipinski definition) is 2. The molecule has 0 unspecified atom stereocenters. The van der Waals surface area contributed by atoms with Gasteiger partial charge in [-0.15, -0.1) is 0 Å². The Labute approximate surface area is 112 Å². The summed E-state index contributed by atoms with van der Waals surface area (Å²) < 4.78 is 0. The molecule has 98 valence electrons. The molecule has 2 N–H and O–H groups in total. The molecule has 18 heavy (non-hydrogen) atoms. The molecule has 0 spiro atoms. The van der Waals surface area contributed by atoms with E-state index < -0.39 is 0 Å². The molecule has 0 aromatic carbocycles. The van der Waals surface area contributed by atoms with Crippen LogP contribution in [-0.4, -0.2) is 48.9 Å². The number of fused-ring (bicyclic) bond motifs is 1. The second-order valence-electron chi connectivity index (χ2n) is 4.62. The average Bonchev–Trinajstić information content (AvgIpc) is 2.47. The third kappa shape index (κ3) is 2.32. The molecular weight excluding hydrogens is 246 g/mol.